The molecule has 21 heavy (non-hydrogen) atoms. The first kappa shape index (κ1) is 14.7. The van der Waals surface area contributed by atoms with Crippen LogP contribution in [0.1, 0.15) is 11.6 Å². The van der Waals surface area contributed by atoms with Crippen molar-refractivity contribution in [2.45, 2.75) is 12.7 Å². The number of para-hydroxylation sites is 2. The lowest BCUT2D eigenvalue weighted by Crippen LogP contribution is -2.13. The molecule has 0 aromatic heterocycles. The highest BCUT2D eigenvalue weighted by molar-refractivity contribution is 5.51. The van der Waals surface area contributed by atoms with Gasteiger partial charge < -0.3 is 10.1 Å². The van der Waals surface area contributed by atoms with Gasteiger partial charge in [-0.05, 0) is 18.2 Å². The van der Waals surface area contributed by atoms with E-state index in [4.69, 9.17) is 0 Å². The first-order valence-corrected chi connectivity index (χ1v) is 6.06. The molecule has 0 fully saturated rings. The maximum Gasteiger partial charge on any atom is 0.387 e. The van der Waals surface area contributed by atoms with Gasteiger partial charge in [0.05, 0.1) is 11.8 Å². The van der Waals surface area contributed by atoms with Crippen molar-refractivity contribution >= 4 is 5.69 Å². The van der Waals surface area contributed by atoms with E-state index >= 15 is 0 Å². The second-order valence-electron chi connectivity index (χ2n) is 4.10. The average molecular weight is 292 g/mol. The summed E-state index contributed by atoms with van der Waals surface area (Å²) in [6.07, 6.45) is 0. The van der Waals surface area contributed by atoms with Crippen LogP contribution in [0.5, 0.6) is 5.75 Å². The van der Waals surface area contributed by atoms with Crippen molar-refractivity contribution in [1.29, 1.82) is 5.26 Å². The van der Waals surface area contributed by atoms with Gasteiger partial charge in [-0.25, -0.2) is 4.39 Å². The van der Waals surface area contributed by atoms with Crippen LogP contribution in [0.4, 0.5) is 18.9 Å². The summed E-state index contributed by atoms with van der Waals surface area (Å²) in [5, 5.41) is 11.9. The van der Waals surface area contributed by atoms with Crippen LogP contribution in [0.15, 0.2) is 48.5 Å². The summed E-state index contributed by atoms with van der Waals surface area (Å²) in [6, 6.07) is 12.6. The fourth-order valence-corrected chi connectivity index (χ4v) is 1.84. The third-order valence-corrected chi connectivity index (χ3v) is 2.75. The maximum atomic E-state index is 13.6. The average Bonchev–Trinajstić information content (AvgIpc) is 2.47. The molecule has 0 radical (unpaired) electrons. The molecule has 2 aromatic rings. The minimum atomic E-state index is -3.00. The van der Waals surface area contributed by atoms with Crippen molar-refractivity contribution in [1.82, 2.24) is 0 Å². The Hall–Kier alpha value is -2.68. The van der Waals surface area contributed by atoms with E-state index in [0.717, 1.165) is 0 Å². The normalized spacial score (nSPS) is 11.8. The zero-order chi connectivity index (χ0) is 15.2. The van der Waals surface area contributed by atoms with Gasteiger partial charge in [0.15, 0.2) is 0 Å². The number of benzene rings is 2. The summed E-state index contributed by atoms with van der Waals surface area (Å²) in [5.41, 5.74) is 0.319. The third-order valence-electron chi connectivity index (χ3n) is 2.75. The molecule has 1 unspecified atom stereocenters. The van der Waals surface area contributed by atoms with Crippen LogP contribution in [0, 0.1) is 17.1 Å². The van der Waals surface area contributed by atoms with Crippen molar-refractivity contribution < 1.29 is 17.9 Å². The molecule has 1 N–H and O–H groups in total. The van der Waals surface area contributed by atoms with Crippen LogP contribution in [-0.2, 0) is 0 Å². The molecule has 0 spiro atoms. The van der Waals surface area contributed by atoms with Gasteiger partial charge >= 0.3 is 6.61 Å². The highest BCUT2D eigenvalue weighted by atomic mass is 19.3. The second kappa shape index (κ2) is 6.66. The van der Waals surface area contributed by atoms with E-state index in [1.807, 2.05) is 6.07 Å². The molecular formula is C15H11F3N2O. The van der Waals surface area contributed by atoms with Crippen LogP contribution in [-0.4, -0.2) is 6.61 Å². The van der Waals surface area contributed by atoms with Gasteiger partial charge in [0, 0.05) is 5.56 Å². The zero-order valence-corrected chi connectivity index (χ0v) is 10.8. The number of nitrogens with one attached hydrogen (secondary N) is 1. The van der Waals surface area contributed by atoms with E-state index in [-0.39, 0.29) is 17.0 Å². The van der Waals surface area contributed by atoms with E-state index in [1.54, 1.807) is 12.1 Å². The van der Waals surface area contributed by atoms with Crippen molar-refractivity contribution in [3.8, 4) is 11.8 Å². The number of hydrogen-bond donors (Lipinski definition) is 1. The SMILES string of the molecule is N#CC(Nc1ccccc1F)c1ccccc1OC(F)F. The Morgan fingerprint density at radius 2 is 1.71 bits per heavy atom. The summed E-state index contributed by atoms with van der Waals surface area (Å²) in [6.45, 7) is -3.00. The van der Waals surface area contributed by atoms with E-state index in [2.05, 4.69) is 10.1 Å². The molecule has 0 heterocycles. The quantitative estimate of drug-likeness (QED) is 0.902. The number of nitriles is 1. The number of rotatable bonds is 5. The molecule has 0 aliphatic carbocycles. The molecule has 2 rings (SSSR count). The topological polar surface area (TPSA) is 45.0 Å². The lowest BCUT2D eigenvalue weighted by molar-refractivity contribution is -0.0504. The number of halogens is 3. The predicted octanol–water partition coefficient (Wildman–Crippen LogP) is 4.10. The van der Waals surface area contributed by atoms with E-state index in [9.17, 15) is 18.4 Å². The summed E-state index contributed by atoms with van der Waals surface area (Å²) < 4.78 is 42.7. The van der Waals surface area contributed by atoms with Crippen LogP contribution in [0.3, 0.4) is 0 Å². The Balaban J connectivity index is 2.30. The van der Waals surface area contributed by atoms with Gasteiger partial charge in [0.25, 0.3) is 0 Å². The molecule has 2 aromatic carbocycles. The monoisotopic (exact) mass is 292 g/mol. The number of nitrogens with zero attached hydrogens (tertiary/aromatic N) is 1. The van der Waals surface area contributed by atoms with Crippen LogP contribution in [0.25, 0.3) is 0 Å². The van der Waals surface area contributed by atoms with Crippen LogP contribution >= 0.6 is 0 Å². The Morgan fingerprint density at radius 1 is 1.05 bits per heavy atom. The molecule has 0 amide bonds. The van der Waals surface area contributed by atoms with Crippen LogP contribution < -0.4 is 10.1 Å². The number of ether oxygens (including phenoxy) is 1. The number of hydrogen-bond acceptors (Lipinski definition) is 3. The first-order valence-electron chi connectivity index (χ1n) is 6.06. The fraction of sp³-hybridized carbons (Fsp3) is 0.133. The van der Waals surface area contributed by atoms with Gasteiger partial charge in [-0.2, -0.15) is 14.0 Å². The molecule has 0 aliphatic heterocycles. The Labute approximate surface area is 119 Å². The van der Waals surface area contributed by atoms with Crippen molar-refractivity contribution in [3.63, 3.8) is 0 Å². The highest BCUT2D eigenvalue weighted by Gasteiger charge is 2.18. The van der Waals surface area contributed by atoms with Crippen molar-refractivity contribution in [2.24, 2.45) is 0 Å². The Morgan fingerprint density at radius 3 is 2.38 bits per heavy atom. The standard InChI is InChI=1S/C15H11F3N2O/c16-11-6-2-3-7-12(11)20-13(9-19)10-5-1-4-8-14(10)21-15(17)18/h1-8,13,15,20H. The molecule has 1 atom stereocenters. The van der Waals surface area contributed by atoms with Gasteiger partial charge in [0.2, 0.25) is 0 Å². The lowest BCUT2D eigenvalue weighted by atomic mass is 10.1. The minimum Gasteiger partial charge on any atom is -0.434 e. The fourth-order valence-electron chi connectivity index (χ4n) is 1.84. The molecule has 0 bridgehead atoms. The largest absolute Gasteiger partial charge is 0.434 e. The Bertz CT molecular complexity index is 655. The summed E-state index contributed by atoms with van der Waals surface area (Å²) in [5.74, 6) is -0.659. The summed E-state index contributed by atoms with van der Waals surface area (Å²) in [7, 11) is 0. The number of alkyl halides is 2. The molecule has 3 nitrogen and oxygen atoms in total. The van der Waals surface area contributed by atoms with E-state index in [0.29, 0.717) is 0 Å². The predicted molar refractivity (Wildman–Crippen MR) is 71.5 cm³/mol. The molecule has 0 saturated heterocycles. The van der Waals surface area contributed by atoms with Crippen molar-refractivity contribution in [2.75, 3.05) is 5.32 Å². The van der Waals surface area contributed by atoms with E-state index < -0.39 is 18.5 Å². The summed E-state index contributed by atoms with van der Waals surface area (Å²) >= 11 is 0. The van der Waals surface area contributed by atoms with Gasteiger partial charge in [-0.3, -0.25) is 0 Å². The Kier molecular flexibility index (Phi) is 4.67. The van der Waals surface area contributed by atoms with Gasteiger partial charge in [-0.1, -0.05) is 30.3 Å². The van der Waals surface area contributed by atoms with E-state index in [1.165, 1.54) is 36.4 Å². The summed E-state index contributed by atoms with van der Waals surface area (Å²) in [4.78, 5) is 0. The van der Waals surface area contributed by atoms with Crippen LogP contribution in [0.2, 0.25) is 0 Å². The minimum absolute atomic E-state index is 0.107. The molecular weight excluding hydrogens is 281 g/mol. The highest BCUT2D eigenvalue weighted by Crippen LogP contribution is 2.29. The second-order valence-corrected chi connectivity index (χ2v) is 4.10. The van der Waals surface area contributed by atoms with Gasteiger partial charge in [0.1, 0.15) is 17.6 Å². The first-order chi connectivity index (χ1) is 10.1. The molecule has 0 aliphatic rings. The molecule has 108 valence electrons. The van der Waals surface area contributed by atoms with Crippen molar-refractivity contribution in [3.05, 3.63) is 59.9 Å². The lowest BCUT2D eigenvalue weighted by Gasteiger charge is -2.17. The third kappa shape index (κ3) is 3.66. The number of anilines is 1. The molecule has 6 heteroatoms. The van der Waals surface area contributed by atoms with Gasteiger partial charge in [-0.15, -0.1) is 0 Å². The zero-order valence-electron chi connectivity index (χ0n) is 10.8. The molecule has 0 saturated carbocycles. The maximum absolute atomic E-state index is 13.6. The smallest absolute Gasteiger partial charge is 0.387 e.